The summed E-state index contributed by atoms with van der Waals surface area (Å²) < 4.78 is 0. The van der Waals surface area contributed by atoms with E-state index in [1.54, 1.807) is 0 Å². The van der Waals surface area contributed by atoms with Crippen molar-refractivity contribution in [2.24, 2.45) is 0 Å². The standard InChI is InChI=1S/C6H13N3/c1-3-4-6-5-7-8-9(6)2/h5,7-8H,3-4H2,1-2H3. The maximum atomic E-state index is 2.95. The number of rotatable bonds is 2. The van der Waals surface area contributed by atoms with Crippen LogP contribution in [0.2, 0.25) is 0 Å². The fourth-order valence-electron chi connectivity index (χ4n) is 0.877. The summed E-state index contributed by atoms with van der Waals surface area (Å²) in [5.74, 6) is 0. The zero-order valence-corrected chi connectivity index (χ0v) is 5.94. The smallest absolute Gasteiger partial charge is 0.0479 e. The van der Waals surface area contributed by atoms with Crippen LogP contribution < -0.4 is 11.0 Å². The topological polar surface area (TPSA) is 27.3 Å². The second-order valence-electron chi connectivity index (χ2n) is 2.20. The van der Waals surface area contributed by atoms with Gasteiger partial charge in [0, 0.05) is 18.9 Å². The Morgan fingerprint density at radius 1 is 1.67 bits per heavy atom. The molecule has 0 unspecified atom stereocenters. The Bertz CT molecular complexity index is 119. The normalized spacial score (nSPS) is 17.6. The van der Waals surface area contributed by atoms with Crippen LogP contribution in [-0.2, 0) is 0 Å². The van der Waals surface area contributed by atoms with Gasteiger partial charge in [0.1, 0.15) is 0 Å². The highest BCUT2D eigenvalue weighted by Gasteiger charge is 2.06. The summed E-state index contributed by atoms with van der Waals surface area (Å²) in [6.45, 7) is 2.17. The first-order valence-corrected chi connectivity index (χ1v) is 3.28. The molecule has 0 radical (unpaired) electrons. The van der Waals surface area contributed by atoms with E-state index in [-0.39, 0.29) is 0 Å². The zero-order chi connectivity index (χ0) is 6.69. The van der Waals surface area contributed by atoms with E-state index in [0.717, 1.165) is 6.42 Å². The molecule has 3 heteroatoms. The number of nitrogens with one attached hydrogen (secondary N) is 2. The highest BCUT2D eigenvalue weighted by Crippen LogP contribution is 2.07. The van der Waals surface area contributed by atoms with Gasteiger partial charge in [0.15, 0.2) is 0 Å². The molecule has 1 rings (SSSR count). The van der Waals surface area contributed by atoms with Gasteiger partial charge in [0.25, 0.3) is 0 Å². The average Bonchev–Trinajstić information content (AvgIpc) is 2.18. The molecule has 0 amide bonds. The second-order valence-corrected chi connectivity index (χ2v) is 2.20. The van der Waals surface area contributed by atoms with Crippen molar-refractivity contribution in [1.29, 1.82) is 0 Å². The molecule has 1 aliphatic heterocycles. The number of hydrazine groups is 2. The maximum absolute atomic E-state index is 2.95. The molecule has 9 heavy (non-hydrogen) atoms. The zero-order valence-electron chi connectivity index (χ0n) is 5.94. The van der Waals surface area contributed by atoms with Gasteiger partial charge in [-0.05, 0) is 6.42 Å². The molecule has 3 nitrogen and oxygen atoms in total. The van der Waals surface area contributed by atoms with Gasteiger partial charge in [0.05, 0.1) is 0 Å². The van der Waals surface area contributed by atoms with Crippen LogP contribution >= 0.6 is 0 Å². The molecular weight excluding hydrogens is 114 g/mol. The summed E-state index contributed by atoms with van der Waals surface area (Å²) in [4.78, 5) is 0. The SMILES string of the molecule is CCCC1=CNNN1C. The van der Waals surface area contributed by atoms with Gasteiger partial charge in [-0.25, -0.2) is 0 Å². The van der Waals surface area contributed by atoms with Crippen molar-refractivity contribution in [3.8, 4) is 0 Å². The summed E-state index contributed by atoms with van der Waals surface area (Å²) in [6, 6.07) is 0. The highest BCUT2D eigenvalue weighted by atomic mass is 15.7. The Hall–Kier alpha value is -0.700. The monoisotopic (exact) mass is 127 g/mol. The van der Waals surface area contributed by atoms with E-state index in [0.29, 0.717) is 0 Å². The van der Waals surface area contributed by atoms with Crippen LogP contribution in [0.1, 0.15) is 19.8 Å². The van der Waals surface area contributed by atoms with Gasteiger partial charge >= 0.3 is 0 Å². The lowest BCUT2D eigenvalue weighted by Crippen LogP contribution is -2.33. The molecule has 0 aliphatic carbocycles. The number of allylic oxidation sites excluding steroid dienone is 1. The Morgan fingerprint density at radius 2 is 2.44 bits per heavy atom. The quantitative estimate of drug-likeness (QED) is 0.568. The first kappa shape index (κ1) is 6.42. The molecule has 0 bridgehead atoms. The molecule has 0 aromatic rings. The summed E-state index contributed by atoms with van der Waals surface area (Å²) in [5.41, 5.74) is 7.18. The predicted octanol–water partition coefficient (Wildman–Crippen LogP) is 0.583. The van der Waals surface area contributed by atoms with Crippen LogP contribution in [0.3, 0.4) is 0 Å². The molecule has 0 saturated heterocycles. The van der Waals surface area contributed by atoms with E-state index in [1.807, 2.05) is 18.3 Å². The molecule has 0 atom stereocenters. The first-order valence-electron chi connectivity index (χ1n) is 3.28. The summed E-state index contributed by atoms with van der Waals surface area (Å²) in [7, 11) is 2.00. The molecule has 2 N–H and O–H groups in total. The van der Waals surface area contributed by atoms with Gasteiger partial charge in [-0.1, -0.05) is 13.3 Å². The van der Waals surface area contributed by atoms with Crippen molar-refractivity contribution in [2.75, 3.05) is 7.05 Å². The molecule has 0 saturated carbocycles. The molecule has 0 aromatic carbocycles. The molecule has 0 aromatic heterocycles. The lowest BCUT2D eigenvalue weighted by Gasteiger charge is -2.13. The van der Waals surface area contributed by atoms with Gasteiger partial charge in [-0.15, -0.1) is 5.53 Å². The number of hydrogen-bond acceptors (Lipinski definition) is 3. The predicted molar refractivity (Wildman–Crippen MR) is 37.0 cm³/mol. The first-order chi connectivity index (χ1) is 4.34. The molecule has 1 aliphatic rings. The lowest BCUT2D eigenvalue weighted by molar-refractivity contribution is 0.298. The number of nitrogens with zero attached hydrogens (tertiary/aromatic N) is 1. The van der Waals surface area contributed by atoms with E-state index in [4.69, 9.17) is 0 Å². The Kier molecular flexibility index (Phi) is 1.95. The average molecular weight is 127 g/mol. The minimum Gasteiger partial charge on any atom is -0.309 e. The van der Waals surface area contributed by atoms with Crippen LogP contribution in [0, 0.1) is 0 Å². The Balaban J connectivity index is 2.38. The molecule has 1 heterocycles. The highest BCUT2D eigenvalue weighted by molar-refractivity contribution is 5.00. The summed E-state index contributed by atoms with van der Waals surface area (Å²) in [5, 5.41) is 1.99. The van der Waals surface area contributed by atoms with Crippen molar-refractivity contribution >= 4 is 0 Å². The minimum absolute atomic E-state index is 1.14. The van der Waals surface area contributed by atoms with Gasteiger partial charge in [-0.2, -0.15) is 0 Å². The van der Waals surface area contributed by atoms with E-state index in [9.17, 15) is 0 Å². The second kappa shape index (κ2) is 2.73. The summed E-state index contributed by atoms with van der Waals surface area (Å²) in [6.07, 6.45) is 4.32. The van der Waals surface area contributed by atoms with Crippen LogP contribution in [0.15, 0.2) is 11.9 Å². The maximum Gasteiger partial charge on any atom is 0.0479 e. The Labute approximate surface area is 55.7 Å². The van der Waals surface area contributed by atoms with Crippen LogP contribution in [-0.4, -0.2) is 12.1 Å². The molecule has 52 valence electrons. The fourth-order valence-corrected chi connectivity index (χ4v) is 0.877. The van der Waals surface area contributed by atoms with Crippen molar-refractivity contribution < 1.29 is 0 Å². The van der Waals surface area contributed by atoms with Gasteiger partial charge in [0.2, 0.25) is 0 Å². The fraction of sp³-hybridized carbons (Fsp3) is 0.667. The van der Waals surface area contributed by atoms with E-state index in [1.165, 1.54) is 12.1 Å². The van der Waals surface area contributed by atoms with Crippen LogP contribution in [0.5, 0.6) is 0 Å². The van der Waals surface area contributed by atoms with E-state index in [2.05, 4.69) is 17.9 Å². The molecule has 0 spiro atoms. The lowest BCUT2D eigenvalue weighted by atomic mass is 10.3. The molecular formula is C6H13N3. The van der Waals surface area contributed by atoms with Crippen molar-refractivity contribution in [3.63, 3.8) is 0 Å². The van der Waals surface area contributed by atoms with Gasteiger partial charge in [-0.3, -0.25) is 5.01 Å². The van der Waals surface area contributed by atoms with Crippen molar-refractivity contribution in [2.45, 2.75) is 19.8 Å². The minimum atomic E-state index is 1.14. The Morgan fingerprint density at radius 3 is 2.89 bits per heavy atom. The third-order valence-electron chi connectivity index (χ3n) is 1.41. The largest absolute Gasteiger partial charge is 0.309 e. The van der Waals surface area contributed by atoms with Crippen molar-refractivity contribution in [3.05, 3.63) is 11.9 Å². The van der Waals surface area contributed by atoms with Gasteiger partial charge < -0.3 is 5.43 Å². The third-order valence-corrected chi connectivity index (χ3v) is 1.41. The van der Waals surface area contributed by atoms with E-state index < -0.39 is 0 Å². The summed E-state index contributed by atoms with van der Waals surface area (Å²) >= 11 is 0. The van der Waals surface area contributed by atoms with Crippen molar-refractivity contribution in [1.82, 2.24) is 16.0 Å². The third kappa shape index (κ3) is 1.36. The van der Waals surface area contributed by atoms with Crippen LogP contribution in [0.25, 0.3) is 0 Å². The van der Waals surface area contributed by atoms with E-state index >= 15 is 0 Å². The molecule has 0 fully saturated rings. The number of hydrogen-bond donors (Lipinski definition) is 2. The van der Waals surface area contributed by atoms with Crippen LogP contribution in [0.4, 0.5) is 0 Å².